The second-order valence-corrected chi connectivity index (χ2v) is 3.00. The van der Waals surface area contributed by atoms with Gasteiger partial charge in [0, 0.05) is 6.61 Å². The van der Waals surface area contributed by atoms with Crippen LogP contribution in [0.3, 0.4) is 0 Å². The van der Waals surface area contributed by atoms with Gasteiger partial charge in [0.2, 0.25) is 10.4 Å². The molecule has 72 valence electrons. The Hall–Kier alpha value is 0.570. The van der Waals surface area contributed by atoms with E-state index in [1.807, 2.05) is 0 Å². The summed E-state index contributed by atoms with van der Waals surface area (Å²) in [5.74, 6) is 0. The standard InChI is InChI=1S/C6H12O5S.Na/c1-2-4-10-5-3-6-11-12(7,8)9;/h2H,1,3-6H2,(H,7,8,9);/q;+1/p-1. The Morgan fingerprint density at radius 2 is 2.00 bits per heavy atom. The van der Waals surface area contributed by atoms with Crippen LogP contribution in [0.2, 0.25) is 0 Å². The zero-order chi connectivity index (χ0) is 9.45. The third-order valence-electron chi connectivity index (χ3n) is 0.896. The van der Waals surface area contributed by atoms with Crippen LogP contribution >= 0.6 is 0 Å². The van der Waals surface area contributed by atoms with Gasteiger partial charge in [0.15, 0.2) is 0 Å². The Kier molecular flexibility index (Phi) is 11.3. The molecule has 0 aromatic rings. The molecular formula is C6H11NaO5S. The summed E-state index contributed by atoms with van der Waals surface area (Å²) in [4.78, 5) is 0. The van der Waals surface area contributed by atoms with Crippen LogP contribution in [0.15, 0.2) is 12.7 Å². The van der Waals surface area contributed by atoms with E-state index in [2.05, 4.69) is 10.8 Å². The molecule has 0 aliphatic carbocycles. The van der Waals surface area contributed by atoms with Gasteiger partial charge in [0.25, 0.3) is 0 Å². The molecule has 5 nitrogen and oxygen atoms in total. The van der Waals surface area contributed by atoms with E-state index in [0.717, 1.165) is 0 Å². The van der Waals surface area contributed by atoms with Gasteiger partial charge in [-0.3, -0.25) is 4.18 Å². The molecular weight excluding hydrogens is 207 g/mol. The minimum Gasteiger partial charge on any atom is -0.726 e. The maximum absolute atomic E-state index is 9.89. The fraction of sp³-hybridized carbons (Fsp3) is 0.667. The topological polar surface area (TPSA) is 75.7 Å². The first-order chi connectivity index (χ1) is 5.56. The summed E-state index contributed by atoms with van der Waals surface area (Å²) in [6.07, 6.45) is 1.94. The van der Waals surface area contributed by atoms with Crippen LogP contribution in [-0.4, -0.2) is 32.8 Å². The molecule has 0 aliphatic heterocycles. The first kappa shape index (κ1) is 16.0. The Labute approximate surface area is 100 Å². The SMILES string of the molecule is C=CCOCCCOS(=O)(=O)[O-].[Na+]. The van der Waals surface area contributed by atoms with Crippen LogP contribution in [0, 0.1) is 0 Å². The molecule has 0 bridgehead atoms. The van der Waals surface area contributed by atoms with Crippen molar-refractivity contribution in [3.63, 3.8) is 0 Å². The van der Waals surface area contributed by atoms with Crippen LogP contribution in [0.5, 0.6) is 0 Å². The van der Waals surface area contributed by atoms with Crippen LogP contribution in [0.1, 0.15) is 6.42 Å². The van der Waals surface area contributed by atoms with E-state index in [0.29, 0.717) is 19.6 Å². The van der Waals surface area contributed by atoms with Gasteiger partial charge in [-0.15, -0.1) is 6.58 Å². The number of ether oxygens (including phenoxy) is 1. The van der Waals surface area contributed by atoms with Crippen LogP contribution < -0.4 is 29.6 Å². The minimum atomic E-state index is -4.54. The summed E-state index contributed by atoms with van der Waals surface area (Å²) in [7, 11) is -4.54. The number of hydrogen-bond acceptors (Lipinski definition) is 5. The molecule has 0 N–H and O–H groups in total. The summed E-state index contributed by atoms with van der Waals surface area (Å²) in [6.45, 7) is 4.04. The summed E-state index contributed by atoms with van der Waals surface area (Å²) >= 11 is 0. The van der Waals surface area contributed by atoms with Gasteiger partial charge in [-0.25, -0.2) is 8.42 Å². The molecule has 0 aromatic heterocycles. The normalized spacial score (nSPS) is 10.5. The Morgan fingerprint density at radius 3 is 2.46 bits per heavy atom. The minimum absolute atomic E-state index is 0. The molecule has 0 amide bonds. The number of hydrogen-bond donors (Lipinski definition) is 0. The van der Waals surface area contributed by atoms with Gasteiger partial charge >= 0.3 is 29.6 Å². The quantitative estimate of drug-likeness (QED) is 0.150. The molecule has 0 aliphatic rings. The van der Waals surface area contributed by atoms with Crippen molar-refractivity contribution >= 4 is 10.4 Å². The third kappa shape index (κ3) is 15.3. The Bertz CT molecular complexity index is 213. The maximum Gasteiger partial charge on any atom is 1.00 e. The van der Waals surface area contributed by atoms with E-state index in [1.54, 1.807) is 6.08 Å². The number of rotatable bonds is 7. The zero-order valence-electron chi connectivity index (χ0n) is 7.56. The second-order valence-electron chi connectivity index (χ2n) is 1.95. The molecule has 0 rings (SSSR count). The maximum atomic E-state index is 9.89. The largest absolute Gasteiger partial charge is 1.00 e. The fourth-order valence-electron chi connectivity index (χ4n) is 0.489. The molecule has 0 atom stereocenters. The van der Waals surface area contributed by atoms with Crippen molar-refractivity contribution in [1.29, 1.82) is 0 Å². The van der Waals surface area contributed by atoms with Crippen molar-refractivity contribution in [2.45, 2.75) is 6.42 Å². The third-order valence-corrected chi connectivity index (χ3v) is 1.35. The molecule has 0 aromatic carbocycles. The van der Waals surface area contributed by atoms with E-state index in [-0.39, 0.29) is 36.2 Å². The van der Waals surface area contributed by atoms with E-state index >= 15 is 0 Å². The fourth-order valence-corrected chi connectivity index (χ4v) is 0.811. The van der Waals surface area contributed by atoms with Crippen LogP contribution in [0.4, 0.5) is 0 Å². The van der Waals surface area contributed by atoms with Gasteiger partial charge in [-0.05, 0) is 6.42 Å². The van der Waals surface area contributed by atoms with Gasteiger partial charge in [0.05, 0.1) is 13.2 Å². The average molecular weight is 218 g/mol. The van der Waals surface area contributed by atoms with Gasteiger partial charge in [-0.1, -0.05) is 6.08 Å². The van der Waals surface area contributed by atoms with E-state index in [4.69, 9.17) is 4.74 Å². The van der Waals surface area contributed by atoms with E-state index in [9.17, 15) is 13.0 Å². The van der Waals surface area contributed by atoms with Gasteiger partial charge in [0.1, 0.15) is 0 Å². The van der Waals surface area contributed by atoms with Crippen molar-refractivity contribution in [2.75, 3.05) is 19.8 Å². The molecule has 0 radical (unpaired) electrons. The second kappa shape index (κ2) is 9.14. The summed E-state index contributed by atoms with van der Waals surface area (Å²) in [5.41, 5.74) is 0. The van der Waals surface area contributed by atoms with Gasteiger partial charge in [-0.2, -0.15) is 0 Å². The van der Waals surface area contributed by atoms with Crippen molar-refractivity contribution in [3.05, 3.63) is 12.7 Å². The first-order valence-corrected chi connectivity index (χ1v) is 4.68. The van der Waals surface area contributed by atoms with E-state index < -0.39 is 10.4 Å². The predicted molar refractivity (Wildman–Crippen MR) is 41.3 cm³/mol. The van der Waals surface area contributed by atoms with Crippen molar-refractivity contribution in [3.8, 4) is 0 Å². The van der Waals surface area contributed by atoms with Crippen molar-refractivity contribution in [2.24, 2.45) is 0 Å². The summed E-state index contributed by atoms with van der Waals surface area (Å²) in [6, 6.07) is 0. The molecule has 0 heterocycles. The first-order valence-electron chi connectivity index (χ1n) is 3.35. The molecule has 7 heteroatoms. The average Bonchev–Trinajstić information content (AvgIpc) is 1.94. The molecule has 13 heavy (non-hydrogen) atoms. The molecule has 0 spiro atoms. The van der Waals surface area contributed by atoms with Crippen LogP contribution in [-0.2, 0) is 19.3 Å². The summed E-state index contributed by atoms with van der Waals surface area (Å²) < 4.78 is 38.5. The Morgan fingerprint density at radius 1 is 1.38 bits per heavy atom. The van der Waals surface area contributed by atoms with Crippen molar-refractivity contribution in [1.82, 2.24) is 0 Å². The van der Waals surface area contributed by atoms with E-state index in [1.165, 1.54) is 0 Å². The zero-order valence-corrected chi connectivity index (χ0v) is 10.4. The predicted octanol–water partition coefficient (Wildman–Crippen LogP) is -2.94. The van der Waals surface area contributed by atoms with Crippen LogP contribution in [0.25, 0.3) is 0 Å². The molecule has 0 saturated heterocycles. The summed E-state index contributed by atoms with van der Waals surface area (Å²) in [5, 5.41) is 0. The van der Waals surface area contributed by atoms with Gasteiger partial charge < -0.3 is 9.29 Å². The molecule has 0 unspecified atom stereocenters. The Balaban J connectivity index is 0. The van der Waals surface area contributed by atoms with Crippen molar-refractivity contribution < 1.29 is 51.4 Å². The molecule has 0 saturated carbocycles. The molecule has 0 fully saturated rings. The smallest absolute Gasteiger partial charge is 0.726 e. The monoisotopic (exact) mass is 218 g/mol.